The number of benzene rings is 1. The van der Waals surface area contributed by atoms with E-state index in [1.807, 2.05) is 24.3 Å². The van der Waals surface area contributed by atoms with Crippen LogP contribution in [0.5, 0.6) is 0 Å². The maximum atomic E-state index is 13.0. The van der Waals surface area contributed by atoms with Gasteiger partial charge in [0.25, 0.3) is 0 Å². The van der Waals surface area contributed by atoms with E-state index in [0.29, 0.717) is 5.92 Å². The molecule has 1 aromatic carbocycles. The van der Waals surface area contributed by atoms with Crippen LogP contribution in [0.3, 0.4) is 0 Å². The number of carbonyl (C=O) groups is 2. The average Bonchev–Trinajstić information content (AvgIpc) is 2.97. The van der Waals surface area contributed by atoms with Crippen molar-refractivity contribution >= 4 is 29.3 Å². The number of amides is 1. The second-order valence-corrected chi connectivity index (χ2v) is 7.60. The average molecular weight is 333 g/mol. The highest BCUT2D eigenvalue weighted by Crippen LogP contribution is 2.43. The smallest absolute Gasteiger partial charge is 0.230 e. The summed E-state index contributed by atoms with van der Waals surface area (Å²) in [5.41, 5.74) is 1.34. The molecule has 0 spiro atoms. The fourth-order valence-corrected chi connectivity index (χ4v) is 3.59. The molecule has 126 valence electrons. The number of rotatable bonds is 7. The molecular formula is C19H27NO2S. The van der Waals surface area contributed by atoms with Crippen molar-refractivity contribution in [2.45, 2.75) is 58.8 Å². The summed E-state index contributed by atoms with van der Waals surface area (Å²) < 4.78 is 0. The first kappa shape index (κ1) is 18.1. The molecule has 2 rings (SSSR count). The monoisotopic (exact) mass is 333 g/mol. The van der Waals surface area contributed by atoms with Gasteiger partial charge in [0.1, 0.15) is 0 Å². The topological polar surface area (TPSA) is 46.2 Å². The molecule has 1 amide bonds. The number of carbonyl (C=O) groups excluding carboxylic acids is 2. The standard InChI is InChI=1S/C19H27NO2S/c1-14(2)9-12-19(10-5-6-11-19)18(22)20-16-8-4-3-7-15(16)13-17(21)23/h3-4,7-8,14H,5-6,9-13H2,1-2H3,(H,20,22)(H,21,23). The van der Waals surface area contributed by atoms with Crippen LogP contribution in [0.4, 0.5) is 5.69 Å². The molecule has 23 heavy (non-hydrogen) atoms. The van der Waals surface area contributed by atoms with Crippen LogP contribution < -0.4 is 5.32 Å². The van der Waals surface area contributed by atoms with Crippen molar-refractivity contribution in [3.8, 4) is 0 Å². The fourth-order valence-electron chi connectivity index (χ4n) is 3.42. The van der Waals surface area contributed by atoms with Crippen LogP contribution in [-0.2, 0) is 16.0 Å². The molecule has 0 heterocycles. The largest absolute Gasteiger partial charge is 0.325 e. The molecule has 1 aromatic rings. The van der Waals surface area contributed by atoms with Crippen molar-refractivity contribution in [3.63, 3.8) is 0 Å². The summed E-state index contributed by atoms with van der Waals surface area (Å²) >= 11 is 3.86. The normalized spacial score (nSPS) is 16.5. The van der Waals surface area contributed by atoms with Crippen LogP contribution in [0.15, 0.2) is 24.3 Å². The van der Waals surface area contributed by atoms with Gasteiger partial charge in [0.15, 0.2) is 5.12 Å². The van der Waals surface area contributed by atoms with Gasteiger partial charge in [0.05, 0.1) is 0 Å². The lowest BCUT2D eigenvalue weighted by Gasteiger charge is -2.29. The van der Waals surface area contributed by atoms with Crippen LogP contribution in [-0.4, -0.2) is 11.0 Å². The number of thiol groups is 1. The summed E-state index contributed by atoms with van der Waals surface area (Å²) in [7, 11) is 0. The Morgan fingerprint density at radius 1 is 1.22 bits per heavy atom. The zero-order valence-corrected chi connectivity index (χ0v) is 15.0. The molecule has 0 aromatic heterocycles. The minimum atomic E-state index is -0.234. The first-order valence-electron chi connectivity index (χ1n) is 8.54. The molecular weight excluding hydrogens is 306 g/mol. The maximum Gasteiger partial charge on any atom is 0.230 e. The van der Waals surface area contributed by atoms with E-state index < -0.39 is 0 Å². The van der Waals surface area contributed by atoms with Gasteiger partial charge in [-0.3, -0.25) is 9.59 Å². The summed E-state index contributed by atoms with van der Waals surface area (Å²) in [6, 6.07) is 7.51. The van der Waals surface area contributed by atoms with Crippen molar-refractivity contribution < 1.29 is 9.59 Å². The molecule has 0 unspecified atom stereocenters. The van der Waals surface area contributed by atoms with Crippen LogP contribution in [0.25, 0.3) is 0 Å². The third kappa shape index (κ3) is 4.84. The van der Waals surface area contributed by atoms with Gasteiger partial charge in [-0.25, -0.2) is 0 Å². The highest BCUT2D eigenvalue weighted by atomic mass is 32.1. The molecule has 0 bridgehead atoms. The maximum absolute atomic E-state index is 13.0. The van der Waals surface area contributed by atoms with Gasteiger partial charge in [0.2, 0.25) is 5.91 Å². The summed E-state index contributed by atoms with van der Waals surface area (Å²) in [5.74, 6) is 0.726. The van der Waals surface area contributed by atoms with Crippen molar-refractivity contribution in [1.29, 1.82) is 0 Å². The third-order valence-electron chi connectivity index (χ3n) is 4.85. The first-order chi connectivity index (χ1) is 10.9. The second-order valence-electron chi connectivity index (χ2n) is 7.10. The molecule has 0 atom stereocenters. The predicted octanol–water partition coefficient (Wildman–Crippen LogP) is 4.62. The van der Waals surface area contributed by atoms with E-state index in [1.165, 1.54) is 0 Å². The summed E-state index contributed by atoms with van der Waals surface area (Å²) in [6.45, 7) is 4.41. The Labute approximate surface area is 144 Å². The third-order valence-corrected chi connectivity index (χ3v) is 5.01. The SMILES string of the molecule is CC(C)CCC1(C(=O)Nc2ccccc2CC(=O)S)CCCC1. The minimum absolute atomic E-state index is 0.120. The van der Waals surface area contributed by atoms with Gasteiger partial charge >= 0.3 is 0 Å². The Kier molecular flexibility index (Phi) is 6.28. The minimum Gasteiger partial charge on any atom is -0.325 e. The number of para-hydroxylation sites is 1. The zero-order chi connectivity index (χ0) is 16.9. The molecule has 1 saturated carbocycles. The molecule has 0 radical (unpaired) electrons. The van der Waals surface area contributed by atoms with Crippen molar-refractivity contribution in [1.82, 2.24) is 0 Å². The number of hydrogen-bond donors (Lipinski definition) is 2. The molecule has 1 aliphatic rings. The van der Waals surface area contributed by atoms with E-state index in [4.69, 9.17) is 0 Å². The lowest BCUT2D eigenvalue weighted by molar-refractivity contribution is -0.126. The quantitative estimate of drug-likeness (QED) is 0.715. The Morgan fingerprint density at radius 2 is 1.87 bits per heavy atom. The Morgan fingerprint density at radius 3 is 2.48 bits per heavy atom. The predicted molar refractivity (Wildman–Crippen MR) is 97.7 cm³/mol. The van der Waals surface area contributed by atoms with E-state index in [-0.39, 0.29) is 22.9 Å². The van der Waals surface area contributed by atoms with Crippen LogP contribution in [0.1, 0.15) is 57.9 Å². The van der Waals surface area contributed by atoms with E-state index in [2.05, 4.69) is 31.8 Å². The first-order valence-corrected chi connectivity index (χ1v) is 8.99. The van der Waals surface area contributed by atoms with Crippen molar-refractivity contribution in [2.75, 3.05) is 5.32 Å². The lowest BCUT2D eigenvalue weighted by Crippen LogP contribution is -2.34. The zero-order valence-electron chi connectivity index (χ0n) is 14.1. The molecule has 1 aliphatic carbocycles. The highest BCUT2D eigenvalue weighted by Gasteiger charge is 2.40. The number of anilines is 1. The number of hydrogen-bond acceptors (Lipinski definition) is 2. The Balaban J connectivity index is 2.14. The van der Waals surface area contributed by atoms with Crippen LogP contribution >= 0.6 is 12.6 Å². The molecule has 0 saturated heterocycles. The van der Waals surface area contributed by atoms with Gasteiger partial charge in [-0.05, 0) is 43.2 Å². The molecule has 4 heteroatoms. The lowest BCUT2D eigenvalue weighted by atomic mass is 9.79. The molecule has 3 nitrogen and oxygen atoms in total. The fraction of sp³-hybridized carbons (Fsp3) is 0.579. The van der Waals surface area contributed by atoms with Crippen molar-refractivity contribution in [2.24, 2.45) is 11.3 Å². The van der Waals surface area contributed by atoms with E-state index >= 15 is 0 Å². The van der Waals surface area contributed by atoms with Crippen LogP contribution in [0, 0.1) is 11.3 Å². The number of nitrogens with one attached hydrogen (secondary N) is 1. The van der Waals surface area contributed by atoms with Gasteiger partial charge in [0, 0.05) is 17.5 Å². The summed E-state index contributed by atoms with van der Waals surface area (Å²) in [5, 5.41) is 2.90. The van der Waals surface area contributed by atoms with Gasteiger partial charge in [-0.1, -0.05) is 44.9 Å². The van der Waals surface area contributed by atoms with E-state index in [0.717, 1.165) is 49.8 Å². The van der Waals surface area contributed by atoms with Gasteiger partial charge < -0.3 is 5.32 Å². The van der Waals surface area contributed by atoms with E-state index in [9.17, 15) is 9.59 Å². The van der Waals surface area contributed by atoms with E-state index in [1.54, 1.807) is 0 Å². The Bertz CT molecular complexity index is 562. The highest BCUT2D eigenvalue weighted by molar-refractivity contribution is 7.96. The van der Waals surface area contributed by atoms with Gasteiger partial charge in [-0.2, -0.15) is 0 Å². The molecule has 0 aliphatic heterocycles. The Hall–Kier alpha value is -1.29. The van der Waals surface area contributed by atoms with Gasteiger partial charge in [-0.15, -0.1) is 12.6 Å². The summed E-state index contributed by atoms with van der Waals surface area (Å²) in [6.07, 6.45) is 6.45. The molecule has 1 N–H and O–H groups in total. The molecule has 1 fully saturated rings. The van der Waals surface area contributed by atoms with Crippen LogP contribution in [0.2, 0.25) is 0 Å². The summed E-state index contributed by atoms with van der Waals surface area (Å²) in [4.78, 5) is 24.3. The second kappa shape index (κ2) is 8.00. The van der Waals surface area contributed by atoms with Crippen molar-refractivity contribution in [3.05, 3.63) is 29.8 Å².